The molecule has 0 unspecified atom stereocenters. The van der Waals surface area contributed by atoms with Crippen LogP contribution >= 0.6 is 11.3 Å². The number of carbonyl (C=O) groups is 1. The molecule has 0 aliphatic rings. The molecule has 2 rings (SSSR count). The van der Waals surface area contributed by atoms with Crippen LogP contribution in [0.25, 0.3) is 10.6 Å². The van der Waals surface area contributed by atoms with E-state index in [0.717, 1.165) is 4.88 Å². The van der Waals surface area contributed by atoms with Crippen molar-refractivity contribution >= 4 is 17.2 Å². The smallest absolute Gasteiger partial charge is 0.246 e. The summed E-state index contributed by atoms with van der Waals surface area (Å²) in [4.78, 5) is 12.6. The Hall–Kier alpha value is -1.70. The lowest BCUT2D eigenvalue weighted by molar-refractivity contribution is -0.127. The van der Waals surface area contributed by atoms with Crippen LogP contribution in [0.5, 0.6) is 0 Å². The molecule has 21 heavy (non-hydrogen) atoms. The minimum atomic E-state index is -0.179. The van der Waals surface area contributed by atoms with E-state index in [9.17, 15) is 4.79 Å². The van der Waals surface area contributed by atoms with Gasteiger partial charge in [-0.3, -0.25) is 4.79 Å². The van der Waals surface area contributed by atoms with Crippen LogP contribution in [0.4, 0.5) is 0 Å². The van der Waals surface area contributed by atoms with Crippen LogP contribution in [-0.2, 0) is 20.9 Å². The summed E-state index contributed by atoms with van der Waals surface area (Å²) in [7, 11) is 1.59. The number of thiophene rings is 1. The number of hydrogen-bond donors (Lipinski definition) is 1. The lowest BCUT2D eigenvalue weighted by atomic mass is 10.3. The Labute approximate surface area is 127 Å². The van der Waals surface area contributed by atoms with E-state index >= 15 is 0 Å². The molecule has 0 radical (unpaired) electrons. The zero-order valence-electron chi connectivity index (χ0n) is 12.0. The van der Waals surface area contributed by atoms with Crippen LogP contribution in [0.2, 0.25) is 0 Å². The Kier molecular flexibility index (Phi) is 5.91. The van der Waals surface area contributed by atoms with E-state index in [0.29, 0.717) is 18.1 Å². The molecule has 2 heterocycles. The number of amides is 1. The van der Waals surface area contributed by atoms with Gasteiger partial charge in [0.25, 0.3) is 0 Å². The maximum absolute atomic E-state index is 11.6. The Bertz CT molecular complexity index is 553. The van der Waals surface area contributed by atoms with Gasteiger partial charge in [0.15, 0.2) is 5.76 Å². The predicted octanol–water partition coefficient (Wildman–Crippen LogP) is 2.07. The number of hydrogen-bond acceptors (Lipinski definition) is 6. The van der Waals surface area contributed by atoms with Crippen LogP contribution in [-0.4, -0.2) is 37.4 Å². The van der Waals surface area contributed by atoms with Crippen molar-refractivity contribution < 1.29 is 18.8 Å². The van der Waals surface area contributed by atoms with Gasteiger partial charge < -0.3 is 19.3 Å². The van der Waals surface area contributed by atoms with Gasteiger partial charge in [-0.1, -0.05) is 11.2 Å². The summed E-state index contributed by atoms with van der Waals surface area (Å²) in [6, 6.07) is 5.69. The van der Waals surface area contributed by atoms with Crippen LogP contribution in [0, 0.1) is 0 Å². The fourth-order valence-corrected chi connectivity index (χ4v) is 2.44. The zero-order valence-corrected chi connectivity index (χ0v) is 12.8. The second-order valence-electron chi connectivity index (χ2n) is 4.58. The van der Waals surface area contributed by atoms with Gasteiger partial charge in [0.2, 0.25) is 5.91 Å². The maximum atomic E-state index is 11.6. The Morgan fingerprint density at radius 2 is 2.43 bits per heavy atom. The summed E-state index contributed by atoms with van der Waals surface area (Å²) in [6.45, 7) is 2.56. The second kappa shape index (κ2) is 7.92. The van der Waals surface area contributed by atoms with Crippen LogP contribution in [0.1, 0.15) is 12.6 Å². The van der Waals surface area contributed by atoms with Crippen LogP contribution in [0.15, 0.2) is 28.1 Å². The molecule has 0 aromatic carbocycles. The highest BCUT2D eigenvalue weighted by Crippen LogP contribution is 2.25. The van der Waals surface area contributed by atoms with Crippen LogP contribution in [0.3, 0.4) is 0 Å². The van der Waals surface area contributed by atoms with Crippen molar-refractivity contribution in [2.75, 3.05) is 20.3 Å². The molecule has 0 fully saturated rings. The van der Waals surface area contributed by atoms with Crippen molar-refractivity contribution in [2.24, 2.45) is 0 Å². The number of methoxy groups -OCH3 is 1. The van der Waals surface area contributed by atoms with Gasteiger partial charge in [0.1, 0.15) is 12.3 Å². The number of carbonyl (C=O) groups excluding carboxylic acids is 1. The van der Waals surface area contributed by atoms with E-state index in [-0.39, 0.29) is 25.2 Å². The quantitative estimate of drug-likeness (QED) is 0.808. The van der Waals surface area contributed by atoms with E-state index in [4.69, 9.17) is 14.0 Å². The summed E-state index contributed by atoms with van der Waals surface area (Å²) >= 11 is 1.58. The predicted molar refractivity (Wildman–Crippen MR) is 79.0 cm³/mol. The normalized spacial score (nSPS) is 12.3. The van der Waals surface area contributed by atoms with Crippen molar-refractivity contribution in [1.82, 2.24) is 10.5 Å². The van der Waals surface area contributed by atoms with E-state index in [1.165, 1.54) is 0 Å². The Balaban J connectivity index is 1.73. The molecule has 2 aromatic heterocycles. The number of nitrogens with one attached hydrogen (secondary N) is 1. The first-order valence-corrected chi connectivity index (χ1v) is 7.42. The van der Waals surface area contributed by atoms with Gasteiger partial charge >= 0.3 is 0 Å². The first-order chi connectivity index (χ1) is 10.2. The van der Waals surface area contributed by atoms with E-state index in [1.807, 2.05) is 30.5 Å². The summed E-state index contributed by atoms with van der Waals surface area (Å²) in [6.07, 6.45) is 0. The molecule has 2 aromatic rings. The third-order valence-corrected chi connectivity index (χ3v) is 3.51. The molecule has 7 heteroatoms. The average molecular weight is 310 g/mol. The maximum Gasteiger partial charge on any atom is 0.246 e. The van der Waals surface area contributed by atoms with Gasteiger partial charge in [-0.2, -0.15) is 0 Å². The first-order valence-electron chi connectivity index (χ1n) is 6.54. The molecule has 114 valence electrons. The summed E-state index contributed by atoms with van der Waals surface area (Å²) in [5, 5.41) is 8.65. The Morgan fingerprint density at radius 3 is 3.14 bits per heavy atom. The fourth-order valence-electron chi connectivity index (χ4n) is 1.77. The number of rotatable bonds is 8. The van der Waals surface area contributed by atoms with Crippen molar-refractivity contribution in [2.45, 2.75) is 19.6 Å². The highest BCUT2D eigenvalue weighted by Gasteiger charge is 2.10. The third-order valence-electron chi connectivity index (χ3n) is 2.63. The molecule has 0 spiro atoms. The standard InChI is InChI=1S/C14H18N2O4S/c1-10(7-18-2)15-14(17)9-19-8-11-6-12(20-16-11)13-4-3-5-21-13/h3-6,10H,7-9H2,1-2H3,(H,15,17)/t10-/m1/s1. The summed E-state index contributed by atoms with van der Waals surface area (Å²) < 4.78 is 15.5. The van der Waals surface area contributed by atoms with Gasteiger partial charge in [-0.05, 0) is 18.4 Å². The van der Waals surface area contributed by atoms with Gasteiger partial charge in [0.05, 0.1) is 18.1 Å². The Morgan fingerprint density at radius 1 is 1.57 bits per heavy atom. The SMILES string of the molecule is COC[C@@H](C)NC(=O)COCc1cc(-c2cccs2)on1. The van der Waals surface area contributed by atoms with Crippen molar-refractivity contribution in [3.8, 4) is 10.6 Å². The largest absolute Gasteiger partial charge is 0.383 e. The highest BCUT2D eigenvalue weighted by molar-refractivity contribution is 7.13. The van der Waals surface area contributed by atoms with Gasteiger partial charge in [0, 0.05) is 19.2 Å². The summed E-state index contributed by atoms with van der Waals surface area (Å²) in [5.41, 5.74) is 0.663. The molecule has 0 saturated heterocycles. The monoisotopic (exact) mass is 310 g/mol. The highest BCUT2D eigenvalue weighted by atomic mass is 32.1. The van der Waals surface area contributed by atoms with E-state index in [1.54, 1.807) is 18.4 Å². The molecular formula is C14H18N2O4S. The topological polar surface area (TPSA) is 73.6 Å². The van der Waals surface area contributed by atoms with E-state index < -0.39 is 0 Å². The molecule has 1 atom stereocenters. The molecule has 0 aliphatic heterocycles. The van der Waals surface area contributed by atoms with Crippen molar-refractivity contribution in [1.29, 1.82) is 0 Å². The average Bonchev–Trinajstić information content (AvgIpc) is 3.09. The van der Waals surface area contributed by atoms with Gasteiger partial charge in [-0.15, -0.1) is 11.3 Å². The molecule has 0 aliphatic carbocycles. The number of nitrogens with zero attached hydrogens (tertiary/aromatic N) is 1. The van der Waals surface area contributed by atoms with Gasteiger partial charge in [-0.25, -0.2) is 0 Å². The summed E-state index contributed by atoms with van der Waals surface area (Å²) in [5.74, 6) is 0.531. The van der Waals surface area contributed by atoms with Crippen molar-refractivity contribution in [3.63, 3.8) is 0 Å². The van der Waals surface area contributed by atoms with Crippen LogP contribution < -0.4 is 5.32 Å². The molecule has 1 amide bonds. The molecular weight excluding hydrogens is 292 g/mol. The molecule has 0 saturated carbocycles. The fraction of sp³-hybridized carbons (Fsp3) is 0.429. The third kappa shape index (κ3) is 4.96. The van der Waals surface area contributed by atoms with E-state index in [2.05, 4.69) is 10.5 Å². The lowest BCUT2D eigenvalue weighted by Crippen LogP contribution is -2.37. The first kappa shape index (κ1) is 15.7. The molecule has 1 N–H and O–H groups in total. The number of ether oxygens (including phenoxy) is 2. The minimum Gasteiger partial charge on any atom is -0.383 e. The zero-order chi connectivity index (χ0) is 15.1. The molecule has 6 nitrogen and oxygen atoms in total. The minimum absolute atomic E-state index is 0.0186. The molecule has 0 bridgehead atoms. The second-order valence-corrected chi connectivity index (χ2v) is 5.52. The number of aromatic nitrogens is 1. The lowest BCUT2D eigenvalue weighted by Gasteiger charge is -2.12. The van der Waals surface area contributed by atoms with Crippen molar-refractivity contribution in [3.05, 3.63) is 29.3 Å².